The van der Waals surface area contributed by atoms with Gasteiger partial charge in [-0.05, 0) is 0 Å². The van der Waals surface area contributed by atoms with Crippen molar-refractivity contribution in [1.82, 2.24) is 30.2 Å². The molecule has 0 aromatic carbocycles. The molecule has 360 valence electrons. The number of rotatable bonds is 42. The maximum atomic E-state index is 12.5. The van der Waals surface area contributed by atoms with Crippen molar-refractivity contribution >= 4 is 47.6 Å². The normalized spacial score (nSPS) is 11.1. The predicted octanol–water partition coefficient (Wildman–Crippen LogP) is -1.63. The van der Waals surface area contributed by atoms with Gasteiger partial charge in [-0.2, -0.15) is 0 Å². The van der Waals surface area contributed by atoms with Gasteiger partial charge in [-0.1, -0.05) is 0 Å². The van der Waals surface area contributed by atoms with Crippen LogP contribution in [-0.2, 0) is 57.3 Å². The minimum Gasteiger partial charge on any atom is -0.481 e. The molecular formula is C38H70N6O18. The van der Waals surface area contributed by atoms with Gasteiger partial charge in [0.15, 0.2) is 0 Å². The van der Waals surface area contributed by atoms with E-state index in [1.54, 1.807) is 28.9 Å². The summed E-state index contributed by atoms with van der Waals surface area (Å²) >= 11 is 0. The van der Waals surface area contributed by atoms with Gasteiger partial charge in [0.25, 0.3) is 0 Å². The number of ether oxygens (including phenoxy) is 4. The molecule has 0 aliphatic heterocycles. The lowest BCUT2D eigenvalue weighted by atomic mass is 10.3. The number of carbonyl (C=O) groups excluding carboxylic acids is 2. The Morgan fingerprint density at radius 1 is 0.339 bits per heavy atom. The van der Waals surface area contributed by atoms with Crippen LogP contribution in [-0.4, -0.2) is 243 Å². The third kappa shape index (κ3) is 43.5. The van der Waals surface area contributed by atoms with Crippen molar-refractivity contribution in [3.63, 3.8) is 0 Å². The van der Waals surface area contributed by atoms with Crippen molar-refractivity contribution in [2.24, 2.45) is 0 Å². The van der Waals surface area contributed by atoms with E-state index >= 15 is 0 Å². The van der Waals surface area contributed by atoms with E-state index in [1.165, 1.54) is 0 Å². The zero-order valence-electron chi connectivity index (χ0n) is 36.2. The first kappa shape index (κ1) is 59.5. The summed E-state index contributed by atoms with van der Waals surface area (Å²) in [7, 11) is 3.14. The summed E-state index contributed by atoms with van der Waals surface area (Å²) in [4.78, 5) is 96.3. The van der Waals surface area contributed by atoms with E-state index in [0.29, 0.717) is 92.0 Å². The first-order valence-electron chi connectivity index (χ1n) is 20.4. The Bertz CT molecular complexity index is 1160. The van der Waals surface area contributed by atoms with Gasteiger partial charge in [0.2, 0.25) is 11.8 Å². The first-order valence-corrected chi connectivity index (χ1v) is 20.4. The lowest BCUT2D eigenvalue weighted by Crippen LogP contribution is -2.40. The molecule has 0 saturated carbocycles. The second-order valence-corrected chi connectivity index (χ2v) is 13.6. The molecule has 0 unspecified atom stereocenters. The first-order chi connectivity index (χ1) is 29.5. The molecule has 24 heteroatoms. The molecule has 0 saturated heterocycles. The number of methoxy groups -OCH3 is 2. The van der Waals surface area contributed by atoms with Gasteiger partial charge in [-0.3, -0.25) is 43.3 Å². The van der Waals surface area contributed by atoms with E-state index in [0.717, 1.165) is 0 Å². The number of carbonyl (C=O) groups is 8. The van der Waals surface area contributed by atoms with Crippen molar-refractivity contribution in [3.05, 3.63) is 0 Å². The second-order valence-electron chi connectivity index (χ2n) is 13.6. The van der Waals surface area contributed by atoms with E-state index in [1.807, 2.05) is 4.90 Å². The molecule has 0 radical (unpaired) electrons. The highest BCUT2D eigenvalue weighted by atomic mass is 16.5. The Hall–Kier alpha value is -4.56. The van der Waals surface area contributed by atoms with Gasteiger partial charge in [-0.15, -0.1) is 0 Å². The molecule has 0 heterocycles. The Morgan fingerprint density at radius 3 is 0.823 bits per heavy atom. The molecule has 0 bridgehead atoms. The minimum absolute atomic E-state index is 0.00229. The van der Waals surface area contributed by atoms with Crippen LogP contribution in [0, 0.1) is 0 Å². The van der Waals surface area contributed by atoms with Crippen molar-refractivity contribution < 1.29 is 87.9 Å². The highest BCUT2D eigenvalue weighted by Crippen LogP contribution is 2.00. The minimum atomic E-state index is -0.997. The summed E-state index contributed by atoms with van der Waals surface area (Å²) < 4.78 is 20.5. The molecule has 0 aromatic heterocycles. The van der Waals surface area contributed by atoms with Crippen molar-refractivity contribution in [1.29, 1.82) is 0 Å². The fraction of sp³-hybridized carbons (Fsp3) is 0.789. The van der Waals surface area contributed by atoms with Gasteiger partial charge in [0.05, 0.1) is 78.2 Å². The molecule has 0 aliphatic carbocycles. The summed E-state index contributed by atoms with van der Waals surface area (Å²) in [6.07, 6.45) is -0.313. The lowest BCUT2D eigenvalue weighted by molar-refractivity contribution is -0.139. The van der Waals surface area contributed by atoms with Crippen LogP contribution in [0.15, 0.2) is 0 Å². The Kier molecular flexibility index (Phi) is 38.9. The number of aliphatic carboxylic acids is 6. The van der Waals surface area contributed by atoms with Crippen LogP contribution < -0.4 is 10.6 Å². The average molecular weight is 899 g/mol. The van der Waals surface area contributed by atoms with Gasteiger partial charge < -0.3 is 74.9 Å². The van der Waals surface area contributed by atoms with E-state index in [4.69, 9.17) is 49.6 Å². The van der Waals surface area contributed by atoms with E-state index < -0.39 is 35.8 Å². The topological polar surface area (TPSA) is 332 Å². The maximum Gasteiger partial charge on any atom is 0.304 e. The number of nitrogens with one attached hydrogen (secondary N) is 2. The Labute approximate surface area is 362 Å². The maximum absolute atomic E-state index is 12.5. The van der Waals surface area contributed by atoms with E-state index in [2.05, 4.69) is 10.6 Å². The highest BCUT2D eigenvalue weighted by molar-refractivity contribution is 5.76. The summed E-state index contributed by atoms with van der Waals surface area (Å²) in [5, 5.41) is 58.3. The van der Waals surface area contributed by atoms with Gasteiger partial charge in [-0.25, -0.2) is 0 Å². The summed E-state index contributed by atoms with van der Waals surface area (Å²) in [6.45, 7) is 6.61. The highest BCUT2D eigenvalue weighted by Gasteiger charge is 2.15. The molecule has 8 N–H and O–H groups in total. The zero-order valence-corrected chi connectivity index (χ0v) is 36.2. The van der Waals surface area contributed by atoms with Crippen LogP contribution in [0.3, 0.4) is 0 Å². The molecule has 0 rings (SSSR count). The number of hydrogen-bond acceptors (Lipinski definition) is 16. The quantitative estimate of drug-likeness (QED) is 0.0319. The van der Waals surface area contributed by atoms with Crippen LogP contribution in [0.4, 0.5) is 0 Å². The number of carboxylic acid groups (broad SMARTS) is 6. The van der Waals surface area contributed by atoms with Crippen LogP contribution >= 0.6 is 0 Å². The molecule has 24 nitrogen and oxygen atoms in total. The standard InChI is InChI=1S/C27H49N5O12.C11H21NO6/c1-43-20-21-44-19-18-32(10-2-22(33)28-8-16-30(12-4-24(35)36)13-5-25(37)38)11-3-23(34)29-9-17-31(14-6-26(39)40)15-7-27(41)42;1-17-8-9-18-7-6-12(4-2-10(13)14)5-3-11(15)16/h2-21H2,1H3,(H,28,33)(H,29,34)(H,35,36)(H,37,38)(H,39,40)(H,41,42);2-9H2,1H3,(H,13,14)(H,15,16). The number of carboxylic acids is 6. The Balaban J connectivity index is 0. The monoisotopic (exact) mass is 898 g/mol. The van der Waals surface area contributed by atoms with Crippen LogP contribution in [0.1, 0.15) is 51.4 Å². The van der Waals surface area contributed by atoms with Gasteiger partial charge in [0, 0.05) is 119 Å². The Morgan fingerprint density at radius 2 is 0.581 bits per heavy atom. The van der Waals surface area contributed by atoms with E-state index in [9.17, 15) is 38.4 Å². The summed E-state index contributed by atoms with van der Waals surface area (Å²) in [6, 6.07) is 0. The number of nitrogens with zero attached hydrogens (tertiary/aromatic N) is 4. The largest absolute Gasteiger partial charge is 0.481 e. The molecular weight excluding hydrogens is 828 g/mol. The van der Waals surface area contributed by atoms with Crippen molar-refractivity contribution in [2.75, 3.05) is 145 Å². The van der Waals surface area contributed by atoms with Crippen LogP contribution in [0.5, 0.6) is 0 Å². The fourth-order valence-electron chi connectivity index (χ4n) is 5.14. The third-order valence-corrected chi connectivity index (χ3v) is 8.63. The predicted molar refractivity (Wildman–Crippen MR) is 220 cm³/mol. The molecule has 0 aromatic rings. The number of hydrogen-bond donors (Lipinski definition) is 8. The SMILES string of the molecule is COCCOCCN(CCC(=O)NCCN(CCC(=O)O)CCC(=O)O)CCC(=O)NCCN(CCC(=O)O)CCC(=O)O.COCCOCCN(CCC(=O)O)CCC(=O)O. The van der Waals surface area contributed by atoms with Crippen molar-refractivity contribution in [2.45, 2.75) is 51.4 Å². The smallest absolute Gasteiger partial charge is 0.304 e. The summed E-state index contributed by atoms with van der Waals surface area (Å²) in [5.41, 5.74) is 0. The van der Waals surface area contributed by atoms with Crippen molar-refractivity contribution in [3.8, 4) is 0 Å². The van der Waals surface area contributed by atoms with E-state index in [-0.39, 0.29) is 102 Å². The second kappa shape index (κ2) is 40.5. The molecule has 0 spiro atoms. The molecule has 62 heavy (non-hydrogen) atoms. The fourth-order valence-corrected chi connectivity index (χ4v) is 5.14. The molecule has 0 fully saturated rings. The molecule has 2 amide bonds. The zero-order chi connectivity index (χ0) is 47.0. The molecule has 0 atom stereocenters. The average Bonchev–Trinajstić information content (AvgIpc) is 3.20. The third-order valence-electron chi connectivity index (χ3n) is 8.63. The van der Waals surface area contributed by atoms with Gasteiger partial charge in [0.1, 0.15) is 0 Å². The molecule has 0 aliphatic rings. The summed E-state index contributed by atoms with van der Waals surface area (Å²) in [5.74, 6) is -6.28. The lowest BCUT2D eigenvalue weighted by Gasteiger charge is -2.23. The van der Waals surface area contributed by atoms with Crippen LogP contribution in [0.2, 0.25) is 0 Å². The number of amides is 2. The van der Waals surface area contributed by atoms with Crippen LogP contribution in [0.25, 0.3) is 0 Å². The van der Waals surface area contributed by atoms with Gasteiger partial charge >= 0.3 is 35.8 Å².